The van der Waals surface area contributed by atoms with E-state index in [1.807, 2.05) is 0 Å². The van der Waals surface area contributed by atoms with E-state index in [2.05, 4.69) is 0 Å². The molecule has 0 radical (unpaired) electrons. The highest BCUT2D eigenvalue weighted by Gasteiger charge is 2.15. The summed E-state index contributed by atoms with van der Waals surface area (Å²) in [4.78, 5) is 10.5. The van der Waals surface area contributed by atoms with Crippen molar-refractivity contribution in [1.29, 1.82) is 0 Å². The van der Waals surface area contributed by atoms with E-state index in [1.54, 1.807) is 12.1 Å². The van der Waals surface area contributed by atoms with E-state index in [1.165, 1.54) is 0 Å². The molecule has 0 aliphatic carbocycles. The zero-order chi connectivity index (χ0) is 9.26. The quantitative estimate of drug-likeness (QED) is 0.647. The van der Waals surface area contributed by atoms with E-state index in [4.69, 9.17) is 21.1 Å². The van der Waals surface area contributed by atoms with Crippen molar-refractivity contribution in [2.45, 2.75) is 0 Å². The predicted octanol–water partition coefficient (Wildman–Crippen LogP) is 1.92. The van der Waals surface area contributed by atoms with E-state index in [-0.39, 0.29) is 0 Å². The van der Waals surface area contributed by atoms with E-state index in [9.17, 15) is 4.79 Å². The number of aldehydes is 1. The van der Waals surface area contributed by atoms with Crippen LogP contribution in [0.3, 0.4) is 0 Å². The first-order valence-electron chi connectivity index (χ1n) is 3.85. The molecular formula is C9H7ClO3. The molecule has 0 saturated heterocycles. The van der Waals surface area contributed by atoms with E-state index in [0.29, 0.717) is 35.3 Å². The Bertz CT molecular complexity index is 349. The monoisotopic (exact) mass is 198 g/mol. The minimum Gasteiger partial charge on any atom is -0.486 e. The summed E-state index contributed by atoms with van der Waals surface area (Å²) in [6, 6.07) is 3.18. The summed E-state index contributed by atoms with van der Waals surface area (Å²) in [5.41, 5.74) is 0.495. The topological polar surface area (TPSA) is 35.5 Å². The van der Waals surface area contributed by atoms with Gasteiger partial charge in [-0.3, -0.25) is 4.79 Å². The molecule has 0 amide bonds. The second kappa shape index (κ2) is 3.26. The van der Waals surface area contributed by atoms with Crippen LogP contribution in [-0.2, 0) is 0 Å². The average molecular weight is 199 g/mol. The van der Waals surface area contributed by atoms with Crippen LogP contribution in [0.25, 0.3) is 0 Å². The maximum absolute atomic E-state index is 10.5. The molecule has 1 aliphatic rings. The highest BCUT2D eigenvalue weighted by atomic mass is 35.5. The van der Waals surface area contributed by atoms with E-state index < -0.39 is 0 Å². The van der Waals surface area contributed by atoms with Crippen molar-refractivity contribution >= 4 is 17.9 Å². The molecule has 0 N–H and O–H groups in total. The van der Waals surface area contributed by atoms with Crippen LogP contribution in [0, 0.1) is 0 Å². The van der Waals surface area contributed by atoms with Gasteiger partial charge in [-0.1, -0.05) is 11.6 Å². The molecule has 1 aliphatic heterocycles. The van der Waals surface area contributed by atoms with Gasteiger partial charge in [0.25, 0.3) is 0 Å². The SMILES string of the molecule is O=Cc1cc(Cl)c2c(c1)OCCO2. The molecule has 2 rings (SSSR count). The fourth-order valence-electron chi connectivity index (χ4n) is 1.20. The van der Waals surface area contributed by atoms with Gasteiger partial charge in [0.2, 0.25) is 0 Å². The Morgan fingerprint density at radius 1 is 1.31 bits per heavy atom. The summed E-state index contributed by atoms with van der Waals surface area (Å²) in [5.74, 6) is 1.07. The Labute approximate surface area is 80.2 Å². The maximum Gasteiger partial charge on any atom is 0.179 e. The Morgan fingerprint density at radius 2 is 2.08 bits per heavy atom. The van der Waals surface area contributed by atoms with E-state index >= 15 is 0 Å². The first-order valence-corrected chi connectivity index (χ1v) is 4.23. The van der Waals surface area contributed by atoms with Crippen LogP contribution in [0.2, 0.25) is 5.02 Å². The molecule has 4 heteroatoms. The summed E-state index contributed by atoms with van der Waals surface area (Å²) >= 11 is 5.86. The third kappa shape index (κ3) is 1.47. The van der Waals surface area contributed by atoms with Crippen LogP contribution in [0.5, 0.6) is 11.5 Å². The largest absolute Gasteiger partial charge is 0.486 e. The van der Waals surface area contributed by atoms with Gasteiger partial charge in [0.1, 0.15) is 19.5 Å². The number of hydrogen-bond donors (Lipinski definition) is 0. The van der Waals surface area contributed by atoms with Crippen LogP contribution in [-0.4, -0.2) is 19.5 Å². The van der Waals surface area contributed by atoms with Crippen LogP contribution in [0.15, 0.2) is 12.1 Å². The molecular weight excluding hydrogens is 192 g/mol. The molecule has 1 aromatic rings. The van der Waals surface area contributed by atoms with Crippen molar-refractivity contribution in [3.05, 3.63) is 22.7 Å². The molecule has 0 saturated carbocycles. The Kier molecular flexibility index (Phi) is 2.10. The number of fused-ring (bicyclic) bond motifs is 1. The number of carbonyl (C=O) groups is 1. The van der Waals surface area contributed by atoms with Crippen LogP contribution >= 0.6 is 11.6 Å². The lowest BCUT2D eigenvalue weighted by molar-refractivity contribution is 0.112. The van der Waals surface area contributed by atoms with Gasteiger partial charge >= 0.3 is 0 Å². The number of benzene rings is 1. The first-order chi connectivity index (χ1) is 6.31. The first kappa shape index (κ1) is 8.38. The number of halogens is 1. The molecule has 0 spiro atoms. The molecule has 1 aromatic carbocycles. The van der Waals surface area contributed by atoms with Crippen LogP contribution < -0.4 is 9.47 Å². The lowest BCUT2D eigenvalue weighted by atomic mass is 10.2. The van der Waals surface area contributed by atoms with Gasteiger partial charge in [0.15, 0.2) is 11.5 Å². The molecule has 0 atom stereocenters. The fraction of sp³-hybridized carbons (Fsp3) is 0.222. The minimum absolute atomic E-state index is 0.416. The maximum atomic E-state index is 10.5. The normalized spacial score (nSPS) is 13.9. The standard InChI is InChI=1S/C9H7ClO3/c10-7-3-6(5-11)4-8-9(7)13-2-1-12-8/h3-5H,1-2H2. The Balaban J connectivity index is 2.52. The summed E-state index contributed by atoms with van der Waals surface area (Å²) in [6.07, 6.45) is 0.726. The lowest BCUT2D eigenvalue weighted by Gasteiger charge is -2.19. The van der Waals surface area contributed by atoms with Crippen LogP contribution in [0.1, 0.15) is 10.4 Å². The zero-order valence-corrected chi connectivity index (χ0v) is 7.50. The molecule has 0 aromatic heterocycles. The average Bonchev–Trinajstić information content (AvgIpc) is 2.18. The highest BCUT2D eigenvalue weighted by molar-refractivity contribution is 6.32. The zero-order valence-electron chi connectivity index (χ0n) is 6.75. The number of carbonyl (C=O) groups excluding carboxylic acids is 1. The van der Waals surface area contributed by atoms with Gasteiger partial charge in [-0.2, -0.15) is 0 Å². The Morgan fingerprint density at radius 3 is 2.85 bits per heavy atom. The van der Waals surface area contributed by atoms with Gasteiger partial charge in [0, 0.05) is 5.56 Å². The van der Waals surface area contributed by atoms with Crippen molar-refractivity contribution in [2.24, 2.45) is 0 Å². The molecule has 0 fully saturated rings. The van der Waals surface area contributed by atoms with Crippen molar-refractivity contribution in [1.82, 2.24) is 0 Å². The minimum atomic E-state index is 0.416. The van der Waals surface area contributed by atoms with Crippen molar-refractivity contribution in [3.63, 3.8) is 0 Å². The third-order valence-corrected chi connectivity index (χ3v) is 2.04. The smallest absolute Gasteiger partial charge is 0.179 e. The van der Waals surface area contributed by atoms with Crippen molar-refractivity contribution < 1.29 is 14.3 Å². The number of hydrogen-bond acceptors (Lipinski definition) is 3. The highest BCUT2D eigenvalue weighted by Crippen LogP contribution is 2.37. The lowest BCUT2D eigenvalue weighted by Crippen LogP contribution is -2.15. The second-order valence-corrected chi connectivity index (χ2v) is 3.05. The molecule has 13 heavy (non-hydrogen) atoms. The second-order valence-electron chi connectivity index (χ2n) is 2.64. The summed E-state index contributed by atoms with van der Waals surface area (Å²) in [7, 11) is 0. The Hall–Kier alpha value is -1.22. The number of rotatable bonds is 1. The predicted molar refractivity (Wildman–Crippen MR) is 47.8 cm³/mol. The third-order valence-electron chi connectivity index (χ3n) is 1.76. The van der Waals surface area contributed by atoms with Crippen molar-refractivity contribution in [2.75, 3.05) is 13.2 Å². The molecule has 68 valence electrons. The fourth-order valence-corrected chi connectivity index (χ4v) is 1.47. The molecule has 3 nitrogen and oxygen atoms in total. The van der Waals surface area contributed by atoms with Crippen molar-refractivity contribution in [3.8, 4) is 11.5 Å². The summed E-state index contributed by atoms with van der Waals surface area (Å²) in [6.45, 7) is 0.985. The summed E-state index contributed by atoms with van der Waals surface area (Å²) in [5, 5.41) is 0.416. The molecule has 1 heterocycles. The number of ether oxygens (including phenoxy) is 2. The van der Waals surface area contributed by atoms with Gasteiger partial charge in [0.05, 0.1) is 5.02 Å². The van der Waals surface area contributed by atoms with Gasteiger partial charge in [-0.05, 0) is 12.1 Å². The summed E-state index contributed by atoms with van der Waals surface area (Å²) < 4.78 is 10.6. The molecule has 0 bridgehead atoms. The molecule has 0 unspecified atom stereocenters. The van der Waals surface area contributed by atoms with Gasteiger partial charge in [-0.25, -0.2) is 0 Å². The van der Waals surface area contributed by atoms with Gasteiger partial charge < -0.3 is 9.47 Å². The van der Waals surface area contributed by atoms with E-state index in [0.717, 1.165) is 6.29 Å². The van der Waals surface area contributed by atoms with Crippen LogP contribution in [0.4, 0.5) is 0 Å². The van der Waals surface area contributed by atoms with Gasteiger partial charge in [-0.15, -0.1) is 0 Å².